The molecule has 0 bridgehead atoms. The molecule has 0 saturated carbocycles. The third-order valence-electron chi connectivity index (χ3n) is 3.76. The van der Waals surface area contributed by atoms with E-state index >= 15 is 0 Å². The molecule has 8 heteroatoms. The topological polar surface area (TPSA) is 84.7 Å². The van der Waals surface area contributed by atoms with Gasteiger partial charge < -0.3 is 10.3 Å². The van der Waals surface area contributed by atoms with Gasteiger partial charge in [0.2, 0.25) is 0 Å². The normalized spacial score (nSPS) is 11.4. The number of halogens is 3. The number of nitriles is 1. The smallest absolute Gasteiger partial charge is 0.364 e. The summed E-state index contributed by atoms with van der Waals surface area (Å²) >= 11 is 0. The molecule has 0 spiro atoms. The number of carbonyl (C=O) groups is 1. The van der Waals surface area contributed by atoms with Crippen molar-refractivity contribution in [3.63, 3.8) is 0 Å². The number of nitrogens with two attached hydrogens (primary N) is 1. The van der Waals surface area contributed by atoms with E-state index in [4.69, 9.17) is 5.73 Å². The minimum Gasteiger partial charge on any atom is -0.364 e. The van der Waals surface area contributed by atoms with Crippen LogP contribution in [0.15, 0.2) is 42.6 Å². The van der Waals surface area contributed by atoms with Crippen molar-refractivity contribution in [2.24, 2.45) is 5.73 Å². The van der Waals surface area contributed by atoms with Gasteiger partial charge in [0, 0.05) is 18.1 Å². The summed E-state index contributed by atoms with van der Waals surface area (Å²) < 4.78 is 40.0. The van der Waals surface area contributed by atoms with E-state index in [1.165, 1.54) is 22.9 Å². The lowest BCUT2D eigenvalue weighted by atomic mass is 10.1. The predicted molar refractivity (Wildman–Crippen MR) is 83.5 cm³/mol. The van der Waals surface area contributed by atoms with Crippen LogP contribution in [0, 0.1) is 11.3 Å². The van der Waals surface area contributed by atoms with Crippen LogP contribution in [-0.2, 0) is 12.7 Å². The van der Waals surface area contributed by atoms with E-state index in [9.17, 15) is 23.2 Å². The molecular formula is C17H11F3N4O. The van der Waals surface area contributed by atoms with E-state index in [2.05, 4.69) is 4.98 Å². The quantitative estimate of drug-likeness (QED) is 0.792. The summed E-state index contributed by atoms with van der Waals surface area (Å²) in [5, 5.41) is 9.77. The van der Waals surface area contributed by atoms with Crippen molar-refractivity contribution in [3.8, 4) is 6.07 Å². The maximum absolute atomic E-state index is 12.9. The Kier molecular flexibility index (Phi) is 3.93. The molecular weight excluding hydrogens is 333 g/mol. The Morgan fingerprint density at radius 1 is 1.28 bits per heavy atom. The van der Waals surface area contributed by atoms with E-state index in [0.717, 1.165) is 12.1 Å². The van der Waals surface area contributed by atoms with Crippen molar-refractivity contribution >= 4 is 16.9 Å². The molecule has 3 rings (SSSR count). The van der Waals surface area contributed by atoms with Gasteiger partial charge in [-0.05, 0) is 29.8 Å². The summed E-state index contributed by atoms with van der Waals surface area (Å²) in [6, 6.07) is 9.87. The Hall–Kier alpha value is -3.34. The largest absolute Gasteiger partial charge is 0.416 e. The SMILES string of the molecule is N#Cc1c(C(N)=O)n(Cc2cccc(C(F)(F)F)c2)c2ncccc12. The third-order valence-corrected chi connectivity index (χ3v) is 3.76. The maximum Gasteiger partial charge on any atom is 0.416 e. The lowest BCUT2D eigenvalue weighted by Gasteiger charge is -2.11. The van der Waals surface area contributed by atoms with Gasteiger partial charge in [-0.2, -0.15) is 18.4 Å². The second-order valence-corrected chi connectivity index (χ2v) is 5.36. The van der Waals surface area contributed by atoms with Crippen LogP contribution in [0.2, 0.25) is 0 Å². The van der Waals surface area contributed by atoms with Gasteiger partial charge in [-0.3, -0.25) is 4.79 Å². The average Bonchev–Trinajstić information content (AvgIpc) is 2.88. The number of hydrogen-bond donors (Lipinski definition) is 1. The zero-order valence-corrected chi connectivity index (χ0v) is 12.7. The number of hydrogen-bond acceptors (Lipinski definition) is 3. The number of pyridine rings is 1. The number of primary amides is 1. The summed E-state index contributed by atoms with van der Waals surface area (Å²) in [5.41, 5.74) is 5.20. The molecule has 0 aliphatic heterocycles. The maximum atomic E-state index is 12.9. The number of alkyl halides is 3. The lowest BCUT2D eigenvalue weighted by molar-refractivity contribution is -0.137. The molecule has 1 aromatic carbocycles. The predicted octanol–water partition coefficient (Wildman–Crippen LogP) is 3.07. The highest BCUT2D eigenvalue weighted by Gasteiger charge is 2.30. The van der Waals surface area contributed by atoms with Crippen LogP contribution in [0.5, 0.6) is 0 Å². The molecule has 0 aliphatic rings. The van der Waals surface area contributed by atoms with Gasteiger partial charge in [-0.25, -0.2) is 4.98 Å². The van der Waals surface area contributed by atoms with Gasteiger partial charge in [-0.1, -0.05) is 12.1 Å². The Balaban J connectivity index is 2.19. The molecule has 0 unspecified atom stereocenters. The number of rotatable bonds is 3. The zero-order chi connectivity index (χ0) is 18.2. The molecule has 0 fully saturated rings. The summed E-state index contributed by atoms with van der Waals surface area (Å²) in [5.74, 6) is -0.846. The molecule has 5 nitrogen and oxygen atoms in total. The Morgan fingerprint density at radius 3 is 2.68 bits per heavy atom. The number of carbonyl (C=O) groups excluding carboxylic acids is 1. The van der Waals surface area contributed by atoms with Gasteiger partial charge in [0.1, 0.15) is 17.4 Å². The molecule has 126 valence electrons. The molecule has 0 saturated heterocycles. The first-order valence-corrected chi connectivity index (χ1v) is 7.16. The van der Waals surface area contributed by atoms with Gasteiger partial charge in [0.25, 0.3) is 5.91 Å². The van der Waals surface area contributed by atoms with E-state index in [1.54, 1.807) is 12.1 Å². The number of fused-ring (bicyclic) bond motifs is 1. The van der Waals surface area contributed by atoms with Gasteiger partial charge >= 0.3 is 6.18 Å². The first-order valence-electron chi connectivity index (χ1n) is 7.16. The monoisotopic (exact) mass is 344 g/mol. The van der Waals surface area contributed by atoms with E-state index in [0.29, 0.717) is 16.6 Å². The fourth-order valence-corrected chi connectivity index (χ4v) is 2.73. The van der Waals surface area contributed by atoms with Crippen LogP contribution in [0.1, 0.15) is 27.2 Å². The van der Waals surface area contributed by atoms with E-state index in [1.807, 2.05) is 6.07 Å². The zero-order valence-electron chi connectivity index (χ0n) is 12.7. The Bertz CT molecular complexity index is 1010. The van der Waals surface area contributed by atoms with Crippen LogP contribution >= 0.6 is 0 Å². The van der Waals surface area contributed by atoms with Crippen molar-refractivity contribution in [1.29, 1.82) is 5.26 Å². The van der Waals surface area contributed by atoms with Gasteiger partial charge in [0.15, 0.2) is 0 Å². The van der Waals surface area contributed by atoms with Crippen molar-refractivity contribution in [3.05, 3.63) is 65.0 Å². The third kappa shape index (κ3) is 2.92. The van der Waals surface area contributed by atoms with Crippen LogP contribution in [0.3, 0.4) is 0 Å². The van der Waals surface area contributed by atoms with Crippen molar-refractivity contribution in [2.45, 2.75) is 12.7 Å². The van der Waals surface area contributed by atoms with Crippen LogP contribution in [0.4, 0.5) is 13.2 Å². The second kappa shape index (κ2) is 5.94. The number of nitrogens with zero attached hydrogens (tertiary/aromatic N) is 3. The Morgan fingerprint density at radius 2 is 2.04 bits per heavy atom. The molecule has 1 amide bonds. The van der Waals surface area contributed by atoms with Crippen LogP contribution in [-0.4, -0.2) is 15.5 Å². The summed E-state index contributed by atoms with van der Waals surface area (Å²) in [7, 11) is 0. The van der Waals surface area contributed by atoms with Crippen LogP contribution in [0.25, 0.3) is 11.0 Å². The average molecular weight is 344 g/mol. The highest BCUT2D eigenvalue weighted by molar-refractivity contribution is 6.01. The van der Waals surface area contributed by atoms with Crippen molar-refractivity contribution in [1.82, 2.24) is 9.55 Å². The molecule has 0 radical (unpaired) electrons. The van der Waals surface area contributed by atoms with E-state index < -0.39 is 17.6 Å². The number of amides is 1. The summed E-state index contributed by atoms with van der Waals surface area (Å²) in [6.07, 6.45) is -3.01. The fraction of sp³-hybridized carbons (Fsp3) is 0.118. The first kappa shape index (κ1) is 16.5. The molecule has 0 aliphatic carbocycles. The Labute approximate surface area is 140 Å². The minimum atomic E-state index is -4.47. The second-order valence-electron chi connectivity index (χ2n) is 5.36. The van der Waals surface area contributed by atoms with Gasteiger partial charge in [-0.15, -0.1) is 0 Å². The molecule has 25 heavy (non-hydrogen) atoms. The fourth-order valence-electron chi connectivity index (χ4n) is 2.73. The highest BCUT2D eigenvalue weighted by atomic mass is 19.4. The molecule has 2 N–H and O–H groups in total. The molecule has 0 atom stereocenters. The van der Waals surface area contributed by atoms with Gasteiger partial charge in [0.05, 0.1) is 11.1 Å². The van der Waals surface area contributed by atoms with Crippen molar-refractivity contribution < 1.29 is 18.0 Å². The first-order chi connectivity index (χ1) is 11.8. The highest BCUT2D eigenvalue weighted by Crippen LogP contribution is 2.30. The lowest BCUT2D eigenvalue weighted by Crippen LogP contribution is -2.19. The summed E-state index contributed by atoms with van der Waals surface area (Å²) in [6.45, 7) is -0.0720. The minimum absolute atomic E-state index is 0.0579. The molecule has 3 aromatic rings. The number of aromatic nitrogens is 2. The number of benzene rings is 1. The van der Waals surface area contributed by atoms with E-state index in [-0.39, 0.29) is 17.8 Å². The van der Waals surface area contributed by atoms with Crippen molar-refractivity contribution in [2.75, 3.05) is 0 Å². The summed E-state index contributed by atoms with van der Waals surface area (Å²) in [4.78, 5) is 16.0. The molecule has 2 aromatic heterocycles. The standard InChI is InChI=1S/C17H11F3N4O/c18-17(19,20)11-4-1-3-10(7-11)9-24-14(15(22)25)13(8-21)12-5-2-6-23-16(12)24/h1-7H,9H2,(H2,22,25). The van der Waals surface area contributed by atoms with Crippen LogP contribution < -0.4 is 5.73 Å². The molecule has 2 heterocycles.